The smallest absolute Gasteiger partial charge is 0.0635 e. The van der Waals surface area contributed by atoms with Crippen LogP contribution in [0.2, 0.25) is 0 Å². The number of nitrogens with zero attached hydrogens (tertiary/aromatic N) is 1. The van der Waals surface area contributed by atoms with Crippen molar-refractivity contribution < 1.29 is 0 Å². The second-order valence-corrected chi connectivity index (χ2v) is 4.71. The summed E-state index contributed by atoms with van der Waals surface area (Å²) in [6, 6.07) is 8.23. The van der Waals surface area contributed by atoms with Crippen LogP contribution >= 0.6 is 0 Å². The van der Waals surface area contributed by atoms with Crippen LogP contribution in [0.15, 0.2) is 53.8 Å². The number of aliphatic imine (C=N–C) groups is 1. The maximum absolute atomic E-state index is 4.71. The number of nitrogens with one attached hydrogen (secondary N) is 1. The molecule has 1 N–H and O–H groups in total. The van der Waals surface area contributed by atoms with Gasteiger partial charge in [-0.2, -0.15) is 0 Å². The van der Waals surface area contributed by atoms with E-state index in [-0.39, 0.29) is 0 Å². The lowest BCUT2D eigenvalue weighted by atomic mass is 10.1. The third kappa shape index (κ3) is 4.58. The van der Waals surface area contributed by atoms with Crippen molar-refractivity contribution in [3.63, 3.8) is 0 Å². The summed E-state index contributed by atoms with van der Waals surface area (Å²) in [6.45, 7) is 12.0. The summed E-state index contributed by atoms with van der Waals surface area (Å²) in [5.41, 5.74) is 4.34. The normalized spacial score (nSPS) is 12.7. The highest BCUT2D eigenvalue weighted by Crippen LogP contribution is 2.16. The van der Waals surface area contributed by atoms with E-state index in [2.05, 4.69) is 50.9 Å². The largest absolute Gasteiger partial charge is 0.366 e. The number of benzene rings is 1. The predicted octanol–water partition coefficient (Wildman–Crippen LogP) is 4.36. The molecule has 0 heterocycles. The van der Waals surface area contributed by atoms with E-state index in [4.69, 9.17) is 4.99 Å². The van der Waals surface area contributed by atoms with Crippen molar-refractivity contribution in [3.05, 3.63) is 54.4 Å². The second kappa shape index (κ2) is 6.80. The molecule has 0 unspecified atom stereocenters. The summed E-state index contributed by atoms with van der Waals surface area (Å²) >= 11 is 0. The molecule has 0 spiro atoms. The number of hydrogen-bond acceptors (Lipinski definition) is 2. The van der Waals surface area contributed by atoms with Crippen LogP contribution in [0.3, 0.4) is 0 Å². The molecular formula is C16H22N2. The molecule has 2 heteroatoms. The van der Waals surface area contributed by atoms with Gasteiger partial charge < -0.3 is 5.32 Å². The third-order valence-electron chi connectivity index (χ3n) is 2.55. The molecule has 0 amide bonds. The van der Waals surface area contributed by atoms with E-state index in [9.17, 15) is 0 Å². The molecule has 1 aromatic rings. The SMILES string of the molecule is C=CN/C(C)=C/C(=Nc1cccc(C)c1)C(C)C. The van der Waals surface area contributed by atoms with Gasteiger partial charge in [-0.25, -0.2) is 0 Å². The molecule has 0 aromatic heterocycles. The summed E-state index contributed by atoms with van der Waals surface area (Å²) in [7, 11) is 0. The van der Waals surface area contributed by atoms with Gasteiger partial charge >= 0.3 is 0 Å². The van der Waals surface area contributed by atoms with Crippen LogP contribution in [-0.2, 0) is 0 Å². The van der Waals surface area contributed by atoms with Crippen LogP contribution in [0.1, 0.15) is 26.3 Å². The molecule has 0 bridgehead atoms. The Bertz CT molecular complexity index is 468. The molecule has 1 rings (SSSR count). The first-order valence-electron chi connectivity index (χ1n) is 6.24. The molecule has 0 radical (unpaired) electrons. The molecule has 0 saturated heterocycles. The fourth-order valence-electron chi connectivity index (χ4n) is 1.60. The first-order valence-corrected chi connectivity index (χ1v) is 6.24. The Morgan fingerprint density at radius 3 is 2.67 bits per heavy atom. The van der Waals surface area contributed by atoms with Crippen molar-refractivity contribution in [2.75, 3.05) is 0 Å². The lowest BCUT2D eigenvalue weighted by molar-refractivity contribution is 0.885. The van der Waals surface area contributed by atoms with Crippen LogP contribution in [-0.4, -0.2) is 5.71 Å². The highest BCUT2D eigenvalue weighted by atomic mass is 14.8. The Hall–Kier alpha value is -1.83. The molecule has 1 aromatic carbocycles. The topological polar surface area (TPSA) is 24.4 Å². The number of aryl methyl sites for hydroxylation is 1. The molecule has 0 saturated carbocycles. The number of hydrogen-bond donors (Lipinski definition) is 1. The Labute approximate surface area is 110 Å². The molecular weight excluding hydrogens is 220 g/mol. The highest BCUT2D eigenvalue weighted by Gasteiger charge is 2.03. The van der Waals surface area contributed by atoms with Gasteiger partial charge in [-0.15, -0.1) is 0 Å². The van der Waals surface area contributed by atoms with Crippen LogP contribution in [0.25, 0.3) is 0 Å². The summed E-state index contributed by atoms with van der Waals surface area (Å²) in [5, 5.41) is 3.07. The van der Waals surface area contributed by atoms with E-state index >= 15 is 0 Å². The Balaban J connectivity index is 3.05. The van der Waals surface area contributed by atoms with Crippen molar-refractivity contribution in [3.8, 4) is 0 Å². The fourth-order valence-corrected chi connectivity index (χ4v) is 1.60. The molecule has 0 aliphatic carbocycles. The predicted molar refractivity (Wildman–Crippen MR) is 80.2 cm³/mol. The average Bonchev–Trinajstić information content (AvgIpc) is 2.28. The minimum Gasteiger partial charge on any atom is -0.366 e. The van der Waals surface area contributed by atoms with Crippen molar-refractivity contribution in [1.29, 1.82) is 0 Å². The summed E-state index contributed by atoms with van der Waals surface area (Å²) < 4.78 is 0. The lowest BCUT2D eigenvalue weighted by Gasteiger charge is -2.08. The lowest BCUT2D eigenvalue weighted by Crippen LogP contribution is -2.09. The first kappa shape index (κ1) is 14.2. The molecule has 96 valence electrons. The van der Waals surface area contributed by atoms with Gasteiger partial charge in [0.05, 0.1) is 5.69 Å². The van der Waals surface area contributed by atoms with Gasteiger partial charge in [-0.3, -0.25) is 4.99 Å². The van der Waals surface area contributed by atoms with Gasteiger partial charge in [0.15, 0.2) is 0 Å². The van der Waals surface area contributed by atoms with Crippen molar-refractivity contribution >= 4 is 11.4 Å². The minimum atomic E-state index is 0.382. The highest BCUT2D eigenvalue weighted by molar-refractivity contribution is 5.98. The second-order valence-electron chi connectivity index (χ2n) is 4.71. The van der Waals surface area contributed by atoms with Gasteiger partial charge in [0.25, 0.3) is 0 Å². The Morgan fingerprint density at radius 2 is 2.11 bits per heavy atom. The molecule has 0 fully saturated rings. The quantitative estimate of drug-likeness (QED) is 0.762. The van der Waals surface area contributed by atoms with Gasteiger partial charge in [-0.05, 0) is 49.7 Å². The molecule has 0 aliphatic heterocycles. The molecule has 0 atom stereocenters. The zero-order valence-corrected chi connectivity index (χ0v) is 11.7. The van der Waals surface area contributed by atoms with Crippen molar-refractivity contribution in [2.45, 2.75) is 27.7 Å². The van der Waals surface area contributed by atoms with Gasteiger partial charge in [-0.1, -0.05) is 32.6 Å². The van der Waals surface area contributed by atoms with E-state index in [0.717, 1.165) is 17.1 Å². The zero-order valence-electron chi connectivity index (χ0n) is 11.7. The van der Waals surface area contributed by atoms with Gasteiger partial charge in [0, 0.05) is 11.4 Å². The summed E-state index contributed by atoms with van der Waals surface area (Å²) in [4.78, 5) is 4.71. The van der Waals surface area contributed by atoms with Crippen molar-refractivity contribution in [2.24, 2.45) is 10.9 Å². The van der Waals surface area contributed by atoms with E-state index in [1.54, 1.807) is 6.20 Å². The average molecular weight is 242 g/mol. The minimum absolute atomic E-state index is 0.382. The monoisotopic (exact) mass is 242 g/mol. The zero-order chi connectivity index (χ0) is 13.5. The van der Waals surface area contributed by atoms with E-state index in [0.29, 0.717) is 5.92 Å². The standard InChI is InChI=1S/C16H22N2/c1-6-17-14(5)11-16(12(2)3)18-15-9-7-8-13(4)10-15/h6-12,17H,1H2,2-5H3/b14-11+,18-16?. The Kier molecular flexibility index (Phi) is 5.37. The molecule has 18 heavy (non-hydrogen) atoms. The molecule has 2 nitrogen and oxygen atoms in total. The van der Waals surface area contributed by atoms with Crippen LogP contribution in [0.5, 0.6) is 0 Å². The van der Waals surface area contributed by atoms with Gasteiger partial charge in [0.1, 0.15) is 0 Å². The first-order chi connectivity index (χ1) is 8.52. The van der Waals surface area contributed by atoms with Gasteiger partial charge in [0.2, 0.25) is 0 Å². The van der Waals surface area contributed by atoms with Crippen LogP contribution in [0, 0.1) is 12.8 Å². The molecule has 0 aliphatic rings. The van der Waals surface area contributed by atoms with E-state index in [1.165, 1.54) is 5.56 Å². The summed E-state index contributed by atoms with van der Waals surface area (Å²) in [6.07, 6.45) is 3.74. The Morgan fingerprint density at radius 1 is 1.39 bits per heavy atom. The number of allylic oxidation sites excluding steroid dienone is 2. The fraction of sp³-hybridized carbons (Fsp3) is 0.312. The van der Waals surface area contributed by atoms with Crippen molar-refractivity contribution in [1.82, 2.24) is 5.32 Å². The third-order valence-corrected chi connectivity index (χ3v) is 2.55. The van der Waals surface area contributed by atoms with E-state index < -0.39 is 0 Å². The van der Waals surface area contributed by atoms with E-state index in [1.807, 2.05) is 19.1 Å². The van der Waals surface area contributed by atoms with Crippen LogP contribution < -0.4 is 5.32 Å². The maximum atomic E-state index is 4.71. The summed E-state index contributed by atoms with van der Waals surface area (Å²) in [5.74, 6) is 0.382. The maximum Gasteiger partial charge on any atom is 0.0635 e. The number of rotatable bonds is 5. The van der Waals surface area contributed by atoms with Crippen LogP contribution in [0.4, 0.5) is 5.69 Å².